The lowest BCUT2D eigenvalue weighted by atomic mass is 10.2. The van der Waals surface area contributed by atoms with E-state index in [4.69, 9.17) is 9.72 Å². The van der Waals surface area contributed by atoms with Crippen molar-refractivity contribution in [3.8, 4) is 5.75 Å². The third-order valence-corrected chi connectivity index (χ3v) is 5.81. The van der Waals surface area contributed by atoms with Gasteiger partial charge in [0.2, 0.25) is 0 Å². The van der Waals surface area contributed by atoms with E-state index in [9.17, 15) is 0 Å². The Bertz CT molecular complexity index is 607. The van der Waals surface area contributed by atoms with Crippen LogP contribution in [-0.2, 0) is 0 Å². The van der Waals surface area contributed by atoms with Crippen molar-refractivity contribution in [1.82, 2.24) is 10.3 Å². The van der Waals surface area contributed by atoms with Crippen molar-refractivity contribution in [3.05, 3.63) is 40.3 Å². The molecule has 2 aliphatic rings. The number of rotatable bonds is 2. The summed E-state index contributed by atoms with van der Waals surface area (Å²) in [6.07, 6.45) is 2.54. The number of nitrogens with one attached hydrogen (secondary N) is 1. The predicted octanol–water partition coefficient (Wildman–Crippen LogP) is 3.79. The highest BCUT2D eigenvalue weighted by Crippen LogP contribution is 2.41. The van der Waals surface area contributed by atoms with Gasteiger partial charge >= 0.3 is 0 Å². The van der Waals surface area contributed by atoms with Crippen molar-refractivity contribution in [2.45, 2.75) is 29.9 Å². The fraction of sp³-hybridized carbons (Fsp3) is 0.400. The van der Waals surface area contributed by atoms with Crippen molar-refractivity contribution in [3.63, 3.8) is 0 Å². The standard InChI is InChI=1S/C15H16N2OS2/c1-2-6-14-12(5-1)18-13(9-19-14)15-17-11(8-20-15)10-4-3-7-16-10/h1-2,5-6,8,10,13,16H,3-4,7,9H2/t10-,13?/m0/s1. The number of fused-ring (bicyclic) bond motifs is 1. The summed E-state index contributed by atoms with van der Waals surface area (Å²) in [4.78, 5) is 6.04. The molecule has 2 atom stereocenters. The zero-order chi connectivity index (χ0) is 13.4. The number of aromatic nitrogens is 1. The van der Waals surface area contributed by atoms with Crippen molar-refractivity contribution < 1.29 is 4.74 Å². The molecule has 0 amide bonds. The van der Waals surface area contributed by atoms with Crippen molar-refractivity contribution >= 4 is 23.1 Å². The van der Waals surface area contributed by atoms with E-state index in [0.29, 0.717) is 6.04 Å². The first-order valence-corrected chi connectivity index (χ1v) is 8.84. The van der Waals surface area contributed by atoms with Gasteiger partial charge in [0.25, 0.3) is 0 Å². The Hall–Kier alpha value is -1.04. The monoisotopic (exact) mass is 304 g/mol. The van der Waals surface area contributed by atoms with Crippen LogP contribution in [0.1, 0.15) is 35.7 Å². The van der Waals surface area contributed by atoms with Crippen LogP contribution in [0.4, 0.5) is 0 Å². The lowest BCUT2D eigenvalue weighted by molar-refractivity contribution is 0.219. The molecule has 0 spiro atoms. The minimum absolute atomic E-state index is 0.0926. The van der Waals surface area contributed by atoms with E-state index >= 15 is 0 Å². The average molecular weight is 304 g/mol. The van der Waals surface area contributed by atoms with E-state index in [-0.39, 0.29) is 6.10 Å². The molecular weight excluding hydrogens is 288 g/mol. The number of thioether (sulfide) groups is 1. The molecule has 2 aromatic rings. The SMILES string of the molecule is c1ccc2c(c1)OC(c1nc([C@@H]3CCCN3)cs1)CS2. The maximum absolute atomic E-state index is 6.10. The Balaban J connectivity index is 1.54. The molecular formula is C15H16N2OS2. The number of ether oxygens (including phenoxy) is 1. The Morgan fingerprint density at radius 3 is 3.15 bits per heavy atom. The van der Waals surface area contributed by atoms with Crippen LogP contribution in [0.15, 0.2) is 34.5 Å². The van der Waals surface area contributed by atoms with E-state index in [1.807, 2.05) is 23.9 Å². The molecule has 1 N–H and O–H groups in total. The molecule has 4 rings (SSSR count). The Morgan fingerprint density at radius 1 is 1.30 bits per heavy atom. The molecule has 1 unspecified atom stereocenters. The van der Waals surface area contributed by atoms with Crippen LogP contribution in [0, 0.1) is 0 Å². The highest BCUT2D eigenvalue weighted by Gasteiger charge is 2.26. The van der Waals surface area contributed by atoms with E-state index in [0.717, 1.165) is 23.1 Å². The summed E-state index contributed by atoms with van der Waals surface area (Å²) >= 11 is 3.59. The fourth-order valence-corrected chi connectivity index (χ4v) is 4.68. The largest absolute Gasteiger partial charge is 0.481 e. The first-order valence-electron chi connectivity index (χ1n) is 6.97. The second kappa shape index (κ2) is 5.39. The number of nitrogens with zero attached hydrogens (tertiary/aromatic N) is 1. The molecule has 0 saturated carbocycles. The Morgan fingerprint density at radius 2 is 2.25 bits per heavy atom. The first kappa shape index (κ1) is 12.7. The van der Waals surface area contributed by atoms with Crippen molar-refractivity contribution in [1.29, 1.82) is 0 Å². The molecule has 0 aliphatic carbocycles. The third-order valence-electron chi connectivity index (χ3n) is 3.74. The minimum Gasteiger partial charge on any atom is -0.481 e. The van der Waals surface area contributed by atoms with Crippen LogP contribution in [0.5, 0.6) is 5.75 Å². The van der Waals surface area contributed by atoms with Crippen molar-refractivity contribution in [2.75, 3.05) is 12.3 Å². The van der Waals surface area contributed by atoms with Gasteiger partial charge in [0.05, 0.1) is 11.7 Å². The van der Waals surface area contributed by atoms with Gasteiger partial charge in [-0.25, -0.2) is 4.98 Å². The Labute approximate surface area is 126 Å². The number of hydrogen-bond acceptors (Lipinski definition) is 5. The molecule has 1 aromatic carbocycles. The highest BCUT2D eigenvalue weighted by molar-refractivity contribution is 7.99. The molecule has 0 radical (unpaired) electrons. The van der Waals surface area contributed by atoms with E-state index in [2.05, 4.69) is 22.8 Å². The summed E-state index contributed by atoms with van der Waals surface area (Å²) in [5.74, 6) is 1.94. The molecule has 1 aromatic heterocycles. The average Bonchev–Trinajstić information content (AvgIpc) is 3.17. The molecule has 1 fully saturated rings. The second-order valence-electron chi connectivity index (χ2n) is 5.12. The summed E-state index contributed by atoms with van der Waals surface area (Å²) in [5.41, 5.74) is 1.19. The molecule has 0 bridgehead atoms. The maximum atomic E-state index is 6.10. The van der Waals surface area contributed by atoms with Gasteiger partial charge in [0.15, 0.2) is 6.10 Å². The highest BCUT2D eigenvalue weighted by atomic mass is 32.2. The third kappa shape index (κ3) is 2.34. The summed E-state index contributed by atoms with van der Waals surface area (Å²) in [6.45, 7) is 1.11. The Kier molecular flexibility index (Phi) is 3.42. The van der Waals surface area contributed by atoms with Crippen LogP contribution in [0.3, 0.4) is 0 Å². The number of para-hydroxylation sites is 1. The normalized spacial score (nSPS) is 25.2. The lowest BCUT2D eigenvalue weighted by Crippen LogP contribution is -2.16. The zero-order valence-corrected chi connectivity index (χ0v) is 12.7. The van der Waals surface area contributed by atoms with Crippen LogP contribution in [-0.4, -0.2) is 17.3 Å². The zero-order valence-electron chi connectivity index (χ0n) is 11.0. The molecule has 20 heavy (non-hydrogen) atoms. The van der Waals surface area contributed by atoms with Gasteiger partial charge in [-0.1, -0.05) is 12.1 Å². The molecule has 2 aliphatic heterocycles. The van der Waals surface area contributed by atoms with Gasteiger partial charge in [-0.2, -0.15) is 0 Å². The molecule has 3 nitrogen and oxygen atoms in total. The molecule has 104 valence electrons. The van der Waals surface area contributed by atoms with Crippen molar-refractivity contribution in [2.24, 2.45) is 0 Å². The van der Waals surface area contributed by atoms with Gasteiger partial charge in [-0.3, -0.25) is 0 Å². The molecule has 1 saturated heterocycles. The van der Waals surface area contributed by atoms with Gasteiger partial charge in [-0.15, -0.1) is 23.1 Å². The minimum atomic E-state index is 0.0926. The van der Waals surface area contributed by atoms with Gasteiger partial charge in [0, 0.05) is 16.0 Å². The van der Waals surface area contributed by atoms with Gasteiger partial charge in [0.1, 0.15) is 10.8 Å². The van der Waals surface area contributed by atoms with Gasteiger partial charge in [-0.05, 0) is 31.5 Å². The van der Waals surface area contributed by atoms with Gasteiger partial charge < -0.3 is 10.1 Å². The fourth-order valence-electron chi connectivity index (χ4n) is 2.69. The van der Waals surface area contributed by atoms with E-state index < -0.39 is 0 Å². The quantitative estimate of drug-likeness (QED) is 0.915. The lowest BCUT2D eigenvalue weighted by Gasteiger charge is -2.23. The smallest absolute Gasteiger partial charge is 0.159 e. The maximum Gasteiger partial charge on any atom is 0.159 e. The number of thiazole rings is 1. The summed E-state index contributed by atoms with van der Waals surface area (Å²) in [5, 5.41) is 6.80. The van der Waals surface area contributed by atoms with E-state index in [1.165, 1.54) is 23.4 Å². The van der Waals surface area contributed by atoms with Crippen LogP contribution >= 0.6 is 23.1 Å². The van der Waals surface area contributed by atoms with Crippen LogP contribution in [0.2, 0.25) is 0 Å². The van der Waals surface area contributed by atoms with Crippen LogP contribution in [0.25, 0.3) is 0 Å². The number of benzene rings is 1. The number of hydrogen-bond donors (Lipinski definition) is 1. The summed E-state index contributed by atoms with van der Waals surface area (Å²) in [7, 11) is 0. The van der Waals surface area contributed by atoms with Crippen LogP contribution < -0.4 is 10.1 Å². The summed E-state index contributed by atoms with van der Waals surface area (Å²) < 4.78 is 6.10. The predicted molar refractivity (Wildman–Crippen MR) is 82.6 cm³/mol. The first-order chi connectivity index (χ1) is 9.90. The summed E-state index contributed by atoms with van der Waals surface area (Å²) in [6, 6.07) is 8.69. The topological polar surface area (TPSA) is 34.1 Å². The van der Waals surface area contributed by atoms with E-state index in [1.54, 1.807) is 11.3 Å². The second-order valence-corrected chi connectivity index (χ2v) is 7.08. The molecule has 5 heteroatoms. The molecule has 3 heterocycles.